The van der Waals surface area contributed by atoms with Crippen LogP contribution < -0.4 is 5.32 Å². The van der Waals surface area contributed by atoms with Crippen LogP contribution in [-0.2, 0) is 9.59 Å². The lowest BCUT2D eigenvalue weighted by molar-refractivity contribution is -0.157. The second kappa shape index (κ2) is 4.80. The normalized spacial score (nSPS) is 20.9. The van der Waals surface area contributed by atoms with Gasteiger partial charge in [0.15, 0.2) is 0 Å². The van der Waals surface area contributed by atoms with Crippen LogP contribution in [0.3, 0.4) is 0 Å². The van der Waals surface area contributed by atoms with E-state index in [-0.39, 0.29) is 12.5 Å². The predicted molar refractivity (Wildman–Crippen MR) is 54.6 cm³/mol. The van der Waals surface area contributed by atoms with Crippen LogP contribution in [0.25, 0.3) is 0 Å². The highest BCUT2D eigenvalue weighted by molar-refractivity contribution is 6.01. The molecule has 0 bridgehead atoms. The Bertz CT molecular complexity index is 289. The van der Waals surface area contributed by atoms with Gasteiger partial charge in [-0.15, -0.1) is 0 Å². The van der Waals surface area contributed by atoms with E-state index in [0.717, 1.165) is 12.8 Å². The Labute approximate surface area is 93.3 Å². The second-order valence-corrected chi connectivity index (χ2v) is 4.43. The molecule has 6 nitrogen and oxygen atoms in total. The quantitative estimate of drug-likeness (QED) is 0.443. The number of carbonyl (C=O) groups is 2. The van der Waals surface area contributed by atoms with E-state index < -0.39 is 30.0 Å². The molecule has 1 aliphatic carbocycles. The van der Waals surface area contributed by atoms with Gasteiger partial charge in [0.05, 0.1) is 12.7 Å². The van der Waals surface area contributed by atoms with Gasteiger partial charge in [0, 0.05) is 12.5 Å². The molecule has 0 aromatic carbocycles. The van der Waals surface area contributed by atoms with Gasteiger partial charge in [-0.3, -0.25) is 9.59 Å². The van der Waals surface area contributed by atoms with Crippen molar-refractivity contribution in [2.45, 2.75) is 38.3 Å². The summed E-state index contributed by atoms with van der Waals surface area (Å²) >= 11 is 0. The average Bonchev–Trinajstić information content (AvgIpc) is 3.00. The van der Waals surface area contributed by atoms with Gasteiger partial charge in [0.25, 0.3) is 0 Å². The highest BCUT2D eigenvalue weighted by Crippen LogP contribution is 2.27. The summed E-state index contributed by atoms with van der Waals surface area (Å²) in [7, 11) is 0. The Morgan fingerprint density at radius 2 is 2.06 bits per heavy atom. The highest BCUT2D eigenvalue weighted by atomic mass is 16.4. The zero-order valence-corrected chi connectivity index (χ0v) is 9.14. The molecule has 1 saturated carbocycles. The van der Waals surface area contributed by atoms with Crippen molar-refractivity contribution in [1.82, 2.24) is 5.32 Å². The van der Waals surface area contributed by atoms with E-state index in [2.05, 4.69) is 5.32 Å². The molecular weight excluding hydrogens is 214 g/mol. The molecule has 1 rings (SSSR count). The Morgan fingerprint density at radius 1 is 1.50 bits per heavy atom. The first-order chi connectivity index (χ1) is 7.40. The van der Waals surface area contributed by atoms with Crippen molar-refractivity contribution in [3.63, 3.8) is 0 Å². The van der Waals surface area contributed by atoms with Crippen molar-refractivity contribution in [1.29, 1.82) is 0 Å². The Kier molecular flexibility index (Phi) is 3.88. The molecule has 1 fully saturated rings. The van der Waals surface area contributed by atoms with Crippen LogP contribution in [0, 0.1) is 5.41 Å². The molecule has 0 heterocycles. The molecule has 6 heteroatoms. The van der Waals surface area contributed by atoms with Crippen molar-refractivity contribution in [2.24, 2.45) is 5.41 Å². The number of hydrogen-bond donors (Lipinski definition) is 4. The van der Waals surface area contributed by atoms with Crippen LogP contribution in [0.15, 0.2) is 0 Å². The van der Waals surface area contributed by atoms with E-state index in [4.69, 9.17) is 10.2 Å². The zero-order chi connectivity index (χ0) is 12.3. The number of amides is 1. The number of aliphatic carboxylic acids is 1. The highest BCUT2D eigenvalue weighted by Gasteiger charge is 2.44. The van der Waals surface area contributed by atoms with Crippen LogP contribution in [0.1, 0.15) is 26.2 Å². The molecule has 16 heavy (non-hydrogen) atoms. The van der Waals surface area contributed by atoms with Gasteiger partial charge in [-0.2, -0.15) is 0 Å². The average molecular weight is 231 g/mol. The lowest BCUT2D eigenvalue weighted by Gasteiger charge is -2.25. The molecule has 1 aliphatic rings. The molecule has 4 N–H and O–H groups in total. The van der Waals surface area contributed by atoms with Gasteiger partial charge < -0.3 is 20.6 Å². The van der Waals surface area contributed by atoms with Gasteiger partial charge >= 0.3 is 5.97 Å². The molecule has 1 amide bonds. The zero-order valence-electron chi connectivity index (χ0n) is 9.14. The van der Waals surface area contributed by atoms with Crippen molar-refractivity contribution < 1.29 is 24.9 Å². The number of aliphatic hydroxyl groups excluding tert-OH is 2. The van der Waals surface area contributed by atoms with Gasteiger partial charge in [-0.1, -0.05) is 0 Å². The number of carboxylic acids is 1. The molecule has 0 aromatic heterocycles. The molecule has 2 atom stereocenters. The maximum absolute atomic E-state index is 11.7. The minimum Gasteiger partial charge on any atom is -0.480 e. The van der Waals surface area contributed by atoms with E-state index in [1.54, 1.807) is 0 Å². The number of aliphatic hydroxyl groups is 2. The van der Waals surface area contributed by atoms with Gasteiger partial charge in [0.1, 0.15) is 5.41 Å². The van der Waals surface area contributed by atoms with Crippen molar-refractivity contribution >= 4 is 11.9 Å². The van der Waals surface area contributed by atoms with Crippen molar-refractivity contribution in [3.05, 3.63) is 0 Å². The summed E-state index contributed by atoms with van der Waals surface area (Å²) in [4.78, 5) is 22.8. The van der Waals surface area contributed by atoms with E-state index in [1.807, 2.05) is 0 Å². The van der Waals surface area contributed by atoms with Crippen LogP contribution >= 0.6 is 0 Å². The molecule has 0 aromatic rings. The van der Waals surface area contributed by atoms with Crippen LogP contribution in [-0.4, -0.2) is 45.9 Å². The Hall–Kier alpha value is -1.14. The third-order valence-electron chi connectivity index (χ3n) is 2.74. The summed E-state index contributed by atoms with van der Waals surface area (Å²) in [5.41, 5.74) is -1.69. The molecular formula is C10H17NO5. The Balaban J connectivity index is 2.69. The molecule has 0 radical (unpaired) electrons. The van der Waals surface area contributed by atoms with E-state index in [1.165, 1.54) is 6.92 Å². The summed E-state index contributed by atoms with van der Waals surface area (Å²) in [5, 5.41) is 29.5. The first-order valence-corrected chi connectivity index (χ1v) is 5.23. The van der Waals surface area contributed by atoms with E-state index in [0.29, 0.717) is 0 Å². The second-order valence-electron chi connectivity index (χ2n) is 4.43. The Morgan fingerprint density at radius 3 is 2.44 bits per heavy atom. The third kappa shape index (κ3) is 2.93. The summed E-state index contributed by atoms with van der Waals surface area (Å²) in [5.74, 6) is -1.90. The number of carboxylic acid groups (broad SMARTS) is 1. The third-order valence-corrected chi connectivity index (χ3v) is 2.74. The summed E-state index contributed by atoms with van der Waals surface area (Å²) in [6, 6.07) is 0.0671. The first-order valence-electron chi connectivity index (χ1n) is 5.23. The number of carbonyl (C=O) groups excluding carboxylic acids is 1. The van der Waals surface area contributed by atoms with Crippen molar-refractivity contribution in [3.8, 4) is 0 Å². The maximum atomic E-state index is 11.7. The first kappa shape index (κ1) is 12.9. The number of rotatable bonds is 6. The van der Waals surface area contributed by atoms with Crippen LogP contribution in [0.5, 0.6) is 0 Å². The van der Waals surface area contributed by atoms with Crippen LogP contribution in [0.2, 0.25) is 0 Å². The SMILES string of the molecule is CC(CC(O)CO)(C(=O)O)C(=O)NC1CC1. The molecule has 92 valence electrons. The fourth-order valence-corrected chi connectivity index (χ4v) is 1.39. The minimum absolute atomic E-state index is 0.0671. The molecule has 0 saturated heterocycles. The smallest absolute Gasteiger partial charge is 0.319 e. The van der Waals surface area contributed by atoms with Gasteiger partial charge in [-0.25, -0.2) is 0 Å². The van der Waals surface area contributed by atoms with E-state index in [9.17, 15) is 14.7 Å². The largest absolute Gasteiger partial charge is 0.480 e. The topological polar surface area (TPSA) is 107 Å². The molecule has 0 aliphatic heterocycles. The van der Waals surface area contributed by atoms with Gasteiger partial charge in [0.2, 0.25) is 5.91 Å². The summed E-state index contributed by atoms with van der Waals surface area (Å²) in [6.45, 7) is 0.700. The lowest BCUT2D eigenvalue weighted by atomic mass is 9.83. The molecule has 0 spiro atoms. The lowest BCUT2D eigenvalue weighted by Crippen LogP contribution is -2.47. The standard InChI is InChI=1S/C10H17NO5/c1-10(9(15)16,4-7(13)5-12)8(14)11-6-2-3-6/h6-7,12-13H,2-5H2,1H3,(H,11,14)(H,15,16). The minimum atomic E-state index is -1.69. The van der Waals surface area contributed by atoms with E-state index >= 15 is 0 Å². The maximum Gasteiger partial charge on any atom is 0.319 e. The van der Waals surface area contributed by atoms with Crippen molar-refractivity contribution in [2.75, 3.05) is 6.61 Å². The monoisotopic (exact) mass is 231 g/mol. The number of hydrogen-bond acceptors (Lipinski definition) is 4. The number of nitrogens with one attached hydrogen (secondary N) is 1. The fraction of sp³-hybridized carbons (Fsp3) is 0.800. The summed E-state index contributed by atoms with van der Waals surface area (Å²) in [6.07, 6.45) is 0.233. The molecule has 2 unspecified atom stereocenters. The van der Waals surface area contributed by atoms with Gasteiger partial charge in [-0.05, 0) is 19.8 Å². The predicted octanol–water partition coefficient (Wildman–Crippen LogP) is -0.901. The van der Waals surface area contributed by atoms with Crippen LogP contribution in [0.4, 0.5) is 0 Å². The fourth-order valence-electron chi connectivity index (χ4n) is 1.39. The summed E-state index contributed by atoms with van der Waals surface area (Å²) < 4.78 is 0.